The third kappa shape index (κ3) is 2.26. The maximum absolute atomic E-state index is 5.93. The van der Waals surface area contributed by atoms with Crippen LogP contribution >= 0.6 is 23.2 Å². The maximum Gasteiger partial charge on any atom is 0.316 e. The van der Waals surface area contributed by atoms with E-state index in [4.69, 9.17) is 27.9 Å². The van der Waals surface area contributed by atoms with E-state index in [1.54, 1.807) is 24.4 Å². The average Bonchev–Trinajstić information content (AvgIpc) is 2.33. The number of aromatic nitrogens is 2. The van der Waals surface area contributed by atoms with Crippen LogP contribution in [0.25, 0.3) is 11.3 Å². The zero-order chi connectivity index (χ0) is 11.5. The van der Waals surface area contributed by atoms with Gasteiger partial charge >= 0.3 is 6.01 Å². The molecular formula is C11H8Cl2N2O. The van der Waals surface area contributed by atoms with Crippen LogP contribution in [-0.4, -0.2) is 17.1 Å². The molecule has 0 amide bonds. The minimum Gasteiger partial charge on any atom is -0.467 e. The van der Waals surface area contributed by atoms with Gasteiger partial charge in [-0.3, -0.25) is 0 Å². The van der Waals surface area contributed by atoms with Gasteiger partial charge in [0.25, 0.3) is 0 Å². The Morgan fingerprint density at radius 2 is 1.94 bits per heavy atom. The molecule has 2 aromatic rings. The van der Waals surface area contributed by atoms with Gasteiger partial charge in [0.2, 0.25) is 0 Å². The van der Waals surface area contributed by atoms with Crippen LogP contribution in [0.15, 0.2) is 30.5 Å². The first-order valence-electron chi connectivity index (χ1n) is 4.53. The van der Waals surface area contributed by atoms with E-state index >= 15 is 0 Å². The SMILES string of the molecule is COc1nccc(-c2ccc(Cl)c(Cl)c2)n1. The summed E-state index contributed by atoms with van der Waals surface area (Å²) in [5.74, 6) is 0. The summed E-state index contributed by atoms with van der Waals surface area (Å²) in [6, 6.07) is 7.43. The van der Waals surface area contributed by atoms with Crippen molar-refractivity contribution in [3.05, 3.63) is 40.5 Å². The number of ether oxygens (including phenoxy) is 1. The second-order valence-corrected chi connectivity index (χ2v) is 3.87. The molecule has 1 aromatic heterocycles. The summed E-state index contributed by atoms with van der Waals surface area (Å²) in [5.41, 5.74) is 1.61. The van der Waals surface area contributed by atoms with Gasteiger partial charge in [-0.05, 0) is 18.2 Å². The fourth-order valence-corrected chi connectivity index (χ4v) is 1.55. The van der Waals surface area contributed by atoms with Gasteiger partial charge in [-0.25, -0.2) is 4.98 Å². The number of benzene rings is 1. The van der Waals surface area contributed by atoms with Gasteiger partial charge in [0.1, 0.15) is 0 Å². The highest BCUT2D eigenvalue weighted by Gasteiger charge is 2.04. The van der Waals surface area contributed by atoms with Crippen molar-refractivity contribution in [1.29, 1.82) is 0 Å². The van der Waals surface area contributed by atoms with Crippen molar-refractivity contribution >= 4 is 23.2 Å². The number of hydrogen-bond donors (Lipinski definition) is 0. The standard InChI is InChI=1S/C11H8Cl2N2O/c1-16-11-14-5-4-10(15-11)7-2-3-8(12)9(13)6-7/h2-6H,1H3. The molecule has 0 saturated carbocycles. The molecule has 0 radical (unpaired) electrons. The second-order valence-electron chi connectivity index (χ2n) is 3.06. The van der Waals surface area contributed by atoms with E-state index in [1.807, 2.05) is 6.07 Å². The smallest absolute Gasteiger partial charge is 0.316 e. The zero-order valence-corrected chi connectivity index (χ0v) is 9.96. The summed E-state index contributed by atoms with van der Waals surface area (Å²) in [6.07, 6.45) is 1.63. The van der Waals surface area contributed by atoms with Crippen molar-refractivity contribution in [2.24, 2.45) is 0 Å². The lowest BCUT2D eigenvalue weighted by molar-refractivity contribution is 0.380. The number of methoxy groups -OCH3 is 1. The predicted octanol–water partition coefficient (Wildman–Crippen LogP) is 3.46. The number of nitrogens with zero attached hydrogens (tertiary/aromatic N) is 2. The number of rotatable bonds is 2. The molecule has 1 aromatic carbocycles. The molecule has 1 heterocycles. The van der Waals surface area contributed by atoms with E-state index in [2.05, 4.69) is 9.97 Å². The van der Waals surface area contributed by atoms with Crippen molar-refractivity contribution in [2.75, 3.05) is 7.11 Å². The average molecular weight is 255 g/mol. The van der Waals surface area contributed by atoms with Crippen LogP contribution < -0.4 is 4.74 Å². The van der Waals surface area contributed by atoms with Gasteiger partial charge in [-0.2, -0.15) is 4.98 Å². The fraction of sp³-hybridized carbons (Fsp3) is 0.0909. The van der Waals surface area contributed by atoms with Gasteiger partial charge in [0, 0.05) is 11.8 Å². The molecule has 0 aliphatic heterocycles. The zero-order valence-electron chi connectivity index (χ0n) is 8.45. The minimum absolute atomic E-state index is 0.323. The lowest BCUT2D eigenvalue weighted by Crippen LogP contribution is -1.92. The van der Waals surface area contributed by atoms with Gasteiger partial charge < -0.3 is 4.74 Å². The van der Waals surface area contributed by atoms with Crippen LogP contribution in [-0.2, 0) is 0 Å². The Balaban J connectivity index is 2.46. The first-order valence-corrected chi connectivity index (χ1v) is 5.29. The molecular weight excluding hydrogens is 247 g/mol. The van der Waals surface area contributed by atoms with Crippen molar-refractivity contribution in [2.45, 2.75) is 0 Å². The molecule has 0 spiro atoms. The van der Waals surface area contributed by atoms with Crippen LogP contribution in [0.2, 0.25) is 10.0 Å². The Morgan fingerprint density at radius 3 is 2.62 bits per heavy atom. The summed E-state index contributed by atoms with van der Waals surface area (Å²) in [4.78, 5) is 8.13. The van der Waals surface area contributed by atoms with Crippen LogP contribution in [0.5, 0.6) is 6.01 Å². The number of hydrogen-bond acceptors (Lipinski definition) is 3. The molecule has 0 atom stereocenters. The minimum atomic E-state index is 0.323. The van der Waals surface area contributed by atoms with E-state index in [-0.39, 0.29) is 0 Å². The topological polar surface area (TPSA) is 35.0 Å². The molecule has 2 rings (SSSR count). The van der Waals surface area contributed by atoms with Crippen molar-refractivity contribution in [3.8, 4) is 17.3 Å². The number of halogens is 2. The van der Waals surface area contributed by atoms with E-state index in [9.17, 15) is 0 Å². The Kier molecular flexibility index (Phi) is 3.27. The van der Waals surface area contributed by atoms with E-state index in [1.165, 1.54) is 7.11 Å². The van der Waals surface area contributed by atoms with Crippen LogP contribution in [0.1, 0.15) is 0 Å². The van der Waals surface area contributed by atoms with Gasteiger partial charge in [0.15, 0.2) is 0 Å². The lowest BCUT2D eigenvalue weighted by atomic mass is 10.1. The van der Waals surface area contributed by atoms with Crippen LogP contribution in [0.4, 0.5) is 0 Å². The Bertz CT molecular complexity index is 517. The molecule has 5 heteroatoms. The normalized spacial score (nSPS) is 10.2. The molecule has 0 fully saturated rings. The highest BCUT2D eigenvalue weighted by atomic mass is 35.5. The van der Waals surface area contributed by atoms with Gasteiger partial charge in [0.05, 0.1) is 22.8 Å². The molecule has 82 valence electrons. The molecule has 3 nitrogen and oxygen atoms in total. The molecule has 0 saturated heterocycles. The second kappa shape index (κ2) is 4.68. The molecule has 0 unspecified atom stereocenters. The molecule has 16 heavy (non-hydrogen) atoms. The monoisotopic (exact) mass is 254 g/mol. The quantitative estimate of drug-likeness (QED) is 0.824. The first-order chi connectivity index (χ1) is 7.70. The van der Waals surface area contributed by atoms with E-state index in [0.717, 1.165) is 11.3 Å². The third-order valence-corrected chi connectivity index (χ3v) is 2.77. The summed E-state index contributed by atoms with van der Waals surface area (Å²) in [5, 5.41) is 1.02. The largest absolute Gasteiger partial charge is 0.467 e. The summed E-state index contributed by atoms with van der Waals surface area (Å²) in [7, 11) is 1.52. The highest BCUT2D eigenvalue weighted by Crippen LogP contribution is 2.27. The molecule has 0 bridgehead atoms. The summed E-state index contributed by atoms with van der Waals surface area (Å²) < 4.78 is 4.95. The first kappa shape index (κ1) is 11.2. The summed E-state index contributed by atoms with van der Waals surface area (Å²) >= 11 is 11.8. The lowest BCUT2D eigenvalue weighted by Gasteiger charge is -2.03. The Morgan fingerprint density at radius 1 is 1.12 bits per heavy atom. The van der Waals surface area contributed by atoms with Gasteiger partial charge in [-0.1, -0.05) is 29.3 Å². The predicted molar refractivity (Wildman–Crippen MR) is 64.0 cm³/mol. The van der Waals surface area contributed by atoms with E-state index < -0.39 is 0 Å². The highest BCUT2D eigenvalue weighted by molar-refractivity contribution is 6.42. The van der Waals surface area contributed by atoms with Crippen LogP contribution in [0.3, 0.4) is 0 Å². The molecule has 0 aliphatic carbocycles. The van der Waals surface area contributed by atoms with Crippen molar-refractivity contribution in [3.63, 3.8) is 0 Å². The third-order valence-electron chi connectivity index (χ3n) is 2.03. The van der Waals surface area contributed by atoms with Gasteiger partial charge in [-0.15, -0.1) is 0 Å². The van der Waals surface area contributed by atoms with E-state index in [0.29, 0.717) is 16.1 Å². The van der Waals surface area contributed by atoms with Crippen molar-refractivity contribution < 1.29 is 4.74 Å². The molecule has 0 N–H and O–H groups in total. The summed E-state index contributed by atoms with van der Waals surface area (Å²) in [6.45, 7) is 0. The Hall–Kier alpha value is -1.32. The maximum atomic E-state index is 5.93. The molecule has 0 aliphatic rings. The Labute approximate surface area is 103 Å². The fourth-order valence-electron chi connectivity index (χ4n) is 1.26. The van der Waals surface area contributed by atoms with Crippen molar-refractivity contribution in [1.82, 2.24) is 9.97 Å². The van der Waals surface area contributed by atoms with Crippen LogP contribution in [0, 0.1) is 0 Å².